The van der Waals surface area contributed by atoms with E-state index in [2.05, 4.69) is 20.9 Å². The molecule has 1 saturated heterocycles. The number of carboxylic acid groups (broad SMARTS) is 1. The van der Waals surface area contributed by atoms with E-state index in [4.69, 9.17) is 33.2 Å². The normalized spacial score (nSPS) is 26.3. The van der Waals surface area contributed by atoms with Gasteiger partial charge in [0.05, 0.1) is 12.9 Å². The van der Waals surface area contributed by atoms with Crippen LogP contribution in [0.3, 0.4) is 0 Å². The van der Waals surface area contributed by atoms with Gasteiger partial charge in [0.15, 0.2) is 28.9 Å². The van der Waals surface area contributed by atoms with Crippen LogP contribution in [0.5, 0.6) is 0 Å². The number of aliphatic carboxylic acids is 1. The number of imidazole rings is 1. The largest absolute Gasteiger partial charge is 0.479 e. The number of nitrogens with zero attached hydrogens (tertiary/aromatic N) is 4. The van der Waals surface area contributed by atoms with Crippen LogP contribution >= 0.6 is 11.6 Å². The van der Waals surface area contributed by atoms with Crippen molar-refractivity contribution >= 4 is 34.6 Å². The minimum Gasteiger partial charge on any atom is -0.479 e. The van der Waals surface area contributed by atoms with Crippen LogP contribution in [0, 0.1) is 12.3 Å². The fraction of sp³-hybridized carbons (Fsp3) is 0.364. The van der Waals surface area contributed by atoms with Crippen LogP contribution in [-0.2, 0) is 20.7 Å². The van der Waals surface area contributed by atoms with Crippen molar-refractivity contribution in [2.75, 3.05) is 12.3 Å². The van der Waals surface area contributed by atoms with Crippen LogP contribution in [0.4, 0.5) is 5.82 Å². The van der Waals surface area contributed by atoms with Crippen molar-refractivity contribution in [2.24, 2.45) is 0 Å². The number of rotatable bonds is 7. The third kappa shape index (κ3) is 4.06. The molecule has 2 aromatic heterocycles. The molecular weight excluding hydrogens is 466 g/mol. The number of halogens is 1. The number of nitrogen functional groups attached to an aromatic ring is 1. The Balaban J connectivity index is 1.60. The Morgan fingerprint density at radius 1 is 1.41 bits per heavy atom. The SMILES string of the molecule is C#C[C@@]1(O)[C@@H](CO[C@@](C)(Cc2ccccc2)C(=O)O)O[C@@H](n2cnc3c(N)nc(Cl)nc32)[C@@H]1O. The molecule has 1 fully saturated rings. The second kappa shape index (κ2) is 8.83. The molecule has 178 valence electrons. The lowest BCUT2D eigenvalue weighted by Crippen LogP contribution is -2.50. The molecule has 0 saturated carbocycles. The Morgan fingerprint density at radius 2 is 2.12 bits per heavy atom. The third-order valence-electron chi connectivity index (χ3n) is 5.83. The highest BCUT2D eigenvalue weighted by Gasteiger charge is 2.56. The van der Waals surface area contributed by atoms with Gasteiger partial charge < -0.3 is 30.5 Å². The quantitative estimate of drug-likeness (QED) is 0.276. The lowest BCUT2D eigenvalue weighted by atomic mass is 9.92. The first-order valence-corrected chi connectivity index (χ1v) is 10.6. The molecule has 12 heteroatoms. The number of carbonyl (C=O) groups is 1. The molecule has 5 atom stereocenters. The lowest BCUT2D eigenvalue weighted by molar-refractivity contribution is -0.172. The number of benzene rings is 1. The minimum atomic E-state index is -2.20. The Labute approximate surface area is 199 Å². The molecule has 1 aliphatic heterocycles. The highest BCUT2D eigenvalue weighted by atomic mass is 35.5. The first-order chi connectivity index (χ1) is 16.1. The van der Waals surface area contributed by atoms with Crippen molar-refractivity contribution in [3.63, 3.8) is 0 Å². The summed E-state index contributed by atoms with van der Waals surface area (Å²) in [6.45, 7) is 0.986. The standard InChI is InChI=1S/C22H22ClN5O6/c1-3-22(32)13(10-33-21(2,19(30)31)9-12-7-5-4-6-8-12)34-18(15(22)29)28-11-25-14-16(24)26-20(23)27-17(14)28/h1,4-8,11,13,15,18,29,32H,9-10H2,2H3,(H,30,31)(H2,24,26,27)/t13-,15+,18-,21+,22-/m1/s1. The molecular formula is C22H22ClN5O6. The summed E-state index contributed by atoms with van der Waals surface area (Å²) in [4.78, 5) is 24.0. The van der Waals surface area contributed by atoms with Crippen LogP contribution in [-0.4, -0.2) is 70.8 Å². The molecule has 5 N–H and O–H groups in total. The minimum absolute atomic E-state index is 0.0199. The summed E-state index contributed by atoms with van der Waals surface area (Å²) in [6, 6.07) is 8.93. The van der Waals surface area contributed by atoms with Gasteiger partial charge in [0.2, 0.25) is 5.28 Å². The van der Waals surface area contributed by atoms with E-state index in [9.17, 15) is 20.1 Å². The number of aliphatic hydroxyl groups excluding tert-OH is 1. The van der Waals surface area contributed by atoms with Crippen molar-refractivity contribution in [3.05, 3.63) is 47.5 Å². The second-order valence-corrected chi connectivity index (χ2v) is 8.48. The maximum absolute atomic E-state index is 12.0. The predicted molar refractivity (Wildman–Crippen MR) is 121 cm³/mol. The number of carboxylic acids is 1. The average Bonchev–Trinajstić information content (AvgIpc) is 3.32. The summed E-state index contributed by atoms with van der Waals surface area (Å²) < 4.78 is 12.9. The molecule has 1 aliphatic rings. The van der Waals surface area contributed by atoms with E-state index in [0.29, 0.717) is 0 Å². The molecule has 0 spiro atoms. The first kappa shape index (κ1) is 23.9. The number of ether oxygens (including phenoxy) is 2. The van der Waals surface area contributed by atoms with E-state index in [1.165, 1.54) is 17.8 Å². The van der Waals surface area contributed by atoms with Gasteiger partial charge in [-0.15, -0.1) is 6.42 Å². The average molecular weight is 488 g/mol. The maximum Gasteiger partial charge on any atom is 0.336 e. The molecule has 1 aromatic carbocycles. The predicted octanol–water partition coefficient (Wildman–Crippen LogP) is 0.787. The van der Waals surface area contributed by atoms with Gasteiger partial charge in [-0.3, -0.25) is 4.57 Å². The summed E-state index contributed by atoms with van der Waals surface area (Å²) in [5, 5.41) is 31.6. The van der Waals surface area contributed by atoms with Crippen LogP contribution in [0.15, 0.2) is 36.7 Å². The highest BCUT2D eigenvalue weighted by molar-refractivity contribution is 6.28. The number of anilines is 1. The van der Waals surface area contributed by atoms with Gasteiger partial charge in [-0.1, -0.05) is 36.3 Å². The van der Waals surface area contributed by atoms with E-state index in [-0.39, 0.29) is 28.7 Å². The topological polar surface area (TPSA) is 166 Å². The highest BCUT2D eigenvalue weighted by Crippen LogP contribution is 2.39. The zero-order valence-corrected chi connectivity index (χ0v) is 18.8. The van der Waals surface area contributed by atoms with E-state index >= 15 is 0 Å². The zero-order chi connectivity index (χ0) is 24.7. The Hall–Kier alpha value is -3.27. The molecule has 34 heavy (non-hydrogen) atoms. The van der Waals surface area contributed by atoms with Crippen LogP contribution < -0.4 is 5.73 Å². The third-order valence-corrected chi connectivity index (χ3v) is 6.00. The Bertz CT molecular complexity index is 1260. The number of nitrogens with two attached hydrogens (primary N) is 1. The van der Waals surface area contributed by atoms with Crippen molar-refractivity contribution in [3.8, 4) is 12.3 Å². The zero-order valence-electron chi connectivity index (χ0n) is 18.0. The number of aromatic nitrogens is 4. The smallest absolute Gasteiger partial charge is 0.336 e. The van der Waals surface area contributed by atoms with Crippen molar-refractivity contribution in [2.45, 2.75) is 43.0 Å². The van der Waals surface area contributed by atoms with Crippen LogP contribution in [0.25, 0.3) is 11.2 Å². The number of hydrogen-bond acceptors (Lipinski definition) is 9. The first-order valence-electron chi connectivity index (χ1n) is 10.2. The van der Waals surface area contributed by atoms with Gasteiger partial charge in [-0.25, -0.2) is 9.78 Å². The fourth-order valence-electron chi connectivity index (χ4n) is 3.85. The molecule has 3 aromatic rings. The Morgan fingerprint density at radius 3 is 2.76 bits per heavy atom. The fourth-order valence-corrected chi connectivity index (χ4v) is 4.02. The van der Waals surface area contributed by atoms with Gasteiger partial charge in [0.1, 0.15) is 17.7 Å². The summed E-state index contributed by atoms with van der Waals surface area (Å²) in [5.41, 5.74) is 3.08. The van der Waals surface area contributed by atoms with E-state index in [1.807, 2.05) is 6.07 Å². The molecule has 4 rings (SSSR count). The van der Waals surface area contributed by atoms with Crippen LogP contribution in [0.2, 0.25) is 5.28 Å². The van der Waals surface area contributed by atoms with Crippen molar-refractivity contribution in [1.82, 2.24) is 19.5 Å². The van der Waals surface area contributed by atoms with E-state index < -0.39 is 42.2 Å². The molecule has 0 radical (unpaired) electrons. The molecule has 3 heterocycles. The molecule has 0 aliphatic carbocycles. The summed E-state index contributed by atoms with van der Waals surface area (Å²) in [5.74, 6) is 0.964. The Kier molecular flexibility index (Phi) is 6.20. The molecule has 0 bridgehead atoms. The van der Waals surface area contributed by atoms with Gasteiger partial charge in [-0.2, -0.15) is 9.97 Å². The van der Waals surface area contributed by atoms with Gasteiger partial charge in [0.25, 0.3) is 0 Å². The van der Waals surface area contributed by atoms with Crippen molar-refractivity contribution < 1.29 is 29.6 Å². The molecule has 0 amide bonds. The molecule has 11 nitrogen and oxygen atoms in total. The van der Waals surface area contributed by atoms with Gasteiger partial charge in [-0.05, 0) is 24.1 Å². The van der Waals surface area contributed by atoms with E-state index in [1.54, 1.807) is 24.3 Å². The van der Waals surface area contributed by atoms with Gasteiger partial charge in [0, 0.05) is 6.42 Å². The number of terminal acetylenes is 1. The summed E-state index contributed by atoms with van der Waals surface area (Å²) >= 11 is 5.90. The number of hydrogen-bond donors (Lipinski definition) is 4. The maximum atomic E-state index is 12.0. The number of fused-ring (bicyclic) bond motifs is 1. The van der Waals surface area contributed by atoms with Crippen molar-refractivity contribution in [1.29, 1.82) is 0 Å². The summed E-state index contributed by atoms with van der Waals surface area (Å²) in [7, 11) is 0. The van der Waals surface area contributed by atoms with Gasteiger partial charge >= 0.3 is 5.97 Å². The van der Waals surface area contributed by atoms with Crippen LogP contribution in [0.1, 0.15) is 18.7 Å². The van der Waals surface area contributed by atoms with E-state index in [0.717, 1.165) is 5.56 Å². The lowest BCUT2D eigenvalue weighted by Gasteiger charge is -2.30. The molecule has 0 unspecified atom stereocenters. The summed E-state index contributed by atoms with van der Waals surface area (Å²) in [6.07, 6.45) is 2.73. The number of aliphatic hydroxyl groups is 2. The monoisotopic (exact) mass is 487 g/mol. The second-order valence-electron chi connectivity index (χ2n) is 8.14.